The van der Waals surface area contributed by atoms with Crippen LogP contribution in [0.25, 0.3) is 0 Å². The fraction of sp³-hybridized carbons (Fsp3) is 0.611. The zero-order chi connectivity index (χ0) is 15.4. The third-order valence-electron chi connectivity index (χ3n) is 4.97. The summed E-state index contributed by atoms with van der Waals surface area (Å²) in [5, 5.41) is 7.61. The fourth-order valence-electron chi connectivity index (χ4n) is 4.09. The lowest BCUT2D eigenvalue weighted by molar-refractivity contribution is 0.0284. The summed E-state index contributed by atoms with van der Waals surface area (Å²) in [6.45, 7) is 3.55. The molecule has 2 aliphatic heterocycles. The molecule has 1 aromatic rings. The average molecular weight is 318 g/mol. The van der Waals surface area contributed by atoms with E-state index in [1.807, 2.05) is 30.3 Å². The first-order valence-electron chi connectivity index (χ1n) is 8.64. The molecule has 22 heavy (non-hydrogen) atoms. The van der Waals surface area contributed by atoms with Crippen molar-refractivity contribution in [2.75, 3.05) is 11.9 Å². The van der Waals surface area contributed by atoms with Crippen LogP contribution in [0.5, 0.6) is 0 Å². The van der Waals surface area contributed by atoms with Gasteiger partial charge in [0.15, 0.2) is 5.11 Å². The Morgan fingerprint density at radius 1 is 1.18 bits per heavy atom. The third-order valence-corrected chi connectivity index (χ3v) is 5.19. The SMILES string of the molecule is CCCN1[C@@H]2CCC[C@@H]1CC(NC(=S)Nc1ccccc1)C2. The number of rotatable bonds is 4. The molecule has 3 nitrogen and oxygen atoms in total. The van der Waals surface area contributed by atoms with Gasteiger partial charge >= 0.3 is 0 Å². The van der Waals surface area contributed by atoms with Gasteiger partial charge in [-0.1, -0.05) is 31.5 Å². The Morgan fingerprint density at radius 3 is 2.50 bits per heavy atom. The summed E-state index contributed by atoms with van der Waals surface area (Å²) in [5.41, 5.74) is 1.06. The molecule has 0 unspecified atom stereocenters. The molecule has 2 bridgehead atoms. The Labute approximate surface area is 139 Å². The number of hydrogen-bond donors (Lipinski definition) is 2. The number of thiocarbonyl (C=S) groups is 1. The van der Waals surface area contributed by atoms with Crippen molar-refractivity contribution in [3.8, 4) is 0 Å². The second-order valence-electron chi connectivity index (χ2n) is 6.61. The Kier molecular flexibility index (Phi) is 5.32. The van der Waals surface area contributed by atoms with Gasteiger partial charge in [-0.2, -0.15) is 0 Å². The maximum atomic E-state index is 5.49. The van der Waals surface area contributed by atoms with Crippen LogP contribution in [0.15, 0.2) is 30.3 Å². The first kappa shape index (κ1) is 15.8. The molecule has 2 fully saturated rings. The second-order valence-corrected chi connectivity index (χ2v) is 7.02. The van der Waals surface area contributed by atoms with Crippen LogP contribution < -0.4 is 10.6 Å². The summed E-state index contributed by atoms with van der Waals surface area (Å²) in [4.78, 5) is 2.76. The molecule has 2 saturated heterocycles. The number of benzene rings is 1. The third kappa shape index (κ3) is 3.79. The van der Waals surface area contributed by atoms with Crippen molar-refractivity contribution in [2.24, 2.45) is 0 Å². The number of piperidine rings is 2. The highest BCUT2D eigenvalue weighted by molar-refractivity contribution is 7.80. The van der Waals surface area contributed by atoms with Gasteiger partial charge in [-0.15, -0.1) is 0 Å². The van der Waals surface area contributed by atoms with E-state index in [1.54, 1.807) is 0 Å². The summed E-state index contributed by atoms with van der Waals surface area (Å²) in [6, 6.07) is 12.2. The molecule has 4 heteroatoms. The number of para-hydroxylation sites is 1. The maximum Gasteiger partial charge on any atom is 0.170 e. The van der Waals surface area contributed by atoms with E-state index >= 15 is 0 Å². The van der Waals surface area contributed by atoms with Crippen LogP contribution in [0.3, 0.4) is 0 Å². The molecule has 0 spiro atoms. The van der Waals surface area contributed by atoms with Crippen LogP contribution in [0.2, 0.25) is 0 Å². The normalized spacial score (nSPS) is 28.1. The predicted octanol–water partition coefficient (Wildman–Crippen LogP) is 3.77. The van der Waals surface area contributed by atoms with Gasteiger partial charge in [0, 0.05) is 23.8 Å². The van der Waals surface area contributed by atoms with Gasteiger partial charge < -0.3 is 10.6 Å². The molecule has 0 amide bonds. The van der Waals surface area contributed by atoms with E-state index < -0.39 is 0 Å². The number of nitrogens with one attached hydrogen (secondary N) is 2. The predicted molar refractivity (Wildman–Crippen MR) is 97.2 cm³/mol. The van der Waals surface area contributed by atoms with Crippen molar-refractivity contribution in [3.05, 3.63) is 30.3 Å². The second kappa shape index (κ2) is 7.42. The molecule has 0 saturated carbocycles. The summed E-state index contributed by atoms with van der Waals surface area (Å²) in [7, 11) is 0. The topological polar surface area (TPSA) is 27.3 Å². The Balaban J connectivity index is 1.55. The molecule has 2 heterocycles. The number of anilines is 1. The fourth-order valence-corrected chi connectivity index (χ4v) is 4.38. The quantitative estimate of drug-likeness (QED) is 0.827. The highest BCUT2D eigenvalue weighted by atomic mass is 32.1. The highest BCUT2D eigenvalue weighted by Crippen LogP contribution is 2.34. The lowest BCUT2D eigenvalue weighted by Crippen LogP contribution is -2.57. The number of hydrogen-bond acceptors (Lipinski definition) is 2. The summed E-state index contributed by atoms with van der Waals surface area (Å²) < 4.78 is 0. The van der Waals surface area contributed by atoms with Crippen molar-refractivity contribution >= 4 is 23.0 Å². The van der Waals surface area contributed by atoms with Crippen molar-refractivity contribution in [2.45, 2.75) is 63.6 Å². The van der Waals surface area contributed by atoms with Gasteiger partial charge in [0.1, 0.15) is 0 Å². The maximum absolute atomic E-state index is 5.49. The average Bonchev–Trinajstić information content (AvgIpc) is 2.49. The molecule has 0 aromatic heterocycles. The Bertz CT molecular complexity index is 476. The van der Waals surface area contributed by atoms with Gasteiger partial charge in [0.25, 0.3) is 0 Å². The number of fused-ring (bicyclic) bond motifs is 2. The van der Waals surface area contributed by atoms with Gasteiger partial charge in [-0.05, 0) is 63.0 Å². The number of nitrogens with zero attached hydrogens (tertiary/aromatic N) is 1. The van der Waals surface area contributed by atoms with Crippen LogP contribution in [-0.2, 0) is 0 Å². The lowest BCUT2D eigenvalue weighted by atomic mass is 9.81. The van der Waals surface area contributed by atoms with Crippen molar-refractivity contribution in [1.82, 2.24) is 10.2 Å². The van der Waals surface area contributed by atoms with Crippen LogP contribution in [0.4, 0.5) is 5.69 Å². The molecular weight excluding hydrogens is 290 g/mol. The minimum atomic E-state index is 0.520. The van der Waals surface area contributed by atoms with Gasteiger partial charge in [-0.3, -0.25) is 4.90 Å². The van der Waals surface area contributed by atoms with E-state index in [0.717, 1.165) is 22.9 Å². The van der Waals surface area contributed by atoms with E-state index in [1.165, 1.54) is 45.1 Å². The zero-order valence-corrected chi connectivity index (χ0v) is 14.2. The van der Waals surface area contributed by atoms with Gasteiger partial charge in [0.2, 0.25) is 0 Å². The Morgan fingerprint density at radius 2 is 1.86 bits per heavy atom. The van der Waals surface area contributed by atoms with Crippen LogP contribution in [0.1, 0.15) is 45.4 Å². The molecule has 0 radical (unpaired) electrons. The van der Waals surface area contributed by atoms with Gasteiger partial charge in [0.05, 0.1) is 0 Å². The summed E-state index contributed by atoms with van der Waals surface area (Å²) in [5.74, 6) is 0. The molecule has 3 rings (SSSR count). The zero-order valence-electron chi connectivity index (χ0n) is 13.4. The lowest BCUT2D eigenvalue weighted by Gasteiger charge is -2.49. The van der Waals surface area contributed by atoms with Crippen LogP contribution in [-0.4, -0.2) is 34.7 Å². The first-order valence-corrected chi connectivity index (χ1v) is 9.05. The van der Waals surface area contributed by atoms with Crippen LogP contribution >= 0.6 is 12.2 Å². The standard InChI is InChI=1S/C18H27N3S/c1-2-11-21-16-9-6-10-17(21)13-15(12-16)20-18(22)19-14-7-4-3-5-8-14/h3-5,7-8,15-17H,2,6,9-13H2,1H3,(H2,19,20,22)/t16-,17-/m1/s1. The first-order chi connectivity index (χ1) is 10.8. The molecule has 2 N–H and O–H groups in total. The van der Waals surface area contributed by atoms with E-state index in [2.05, 4.69) is 22.5 Å². The van der Waals surface area contributed by atoms with E-state index in [4.69, 9.17) is 12.2 Å². The molecule has 0 aliphatic carbocycles. The van der Waals surface area contributed by atoms with Crippen molar-refractivity contribution in [1.29, 1.82) is 0 Å². The monoisotopic (exact) mass is 317 g/mol. The Hall–Kier alpha value is -1.13. The molecule has 2 aliphatic rings. The highest BCUT2D eigenvalue weighted by Gasteiger charge is 2.37. The van der Waals surface area contributed by atoms with Crippen molar-refractivity contribution < 1.29 is 0 Å². The minimum absolute atomic E-state index is 0.520. The van der Waals surface area contributed by atoms with E-state index in [-0.39, 0.29) is 0 Å². The smallest absolute Gasteiger partial charge is 0.170 e. The summed E-state index contributed by atoms with van der Waals surface area (Å²) >= 11 is 5.49. The van der Waals surface area contributed by atoms with Crippen LogP contribution in [0, 0.1) is 0 Å². The van der Waals surface area contributed by atoms with Gasteiger partial charge in [-0.25, -0.2) is 0 Å². The molecule has 2 atom stereocenters. The van der Waals surface area contributed by atoms with E-state index in [0.29, 0.717) is 6.04 Å². The minimum Gasteiger partial charge on any atom is -0.360 e. The molecular formula is C18H27N3S. The van der Waals surface area contributed by atoms with Crippen molar-refractivity contribution in [3.63, 3.8) is 0 Å². The summed E-state index contributed by atoms with van der Waals surface area (Å²) in [6.07, 6.45) is 7.83. The largest absolute Gasteiger partial charge is 0.360 e. The van der Waals surface area contributed by atoms with E-state index in [9.17, 15) is 0 Å². The molecule has 120 valence electrons. The molecule has 1 aromatic carbocycles.